The molecule has 2 nitrogen and oxygen atoms in total. The number of carbonyl (C=O) groups excluding carboxylic acids is 1. The Labute approximate surface area is 109 Å². The average molecular weight is 266 g/mol. The van der Waals surface area contributed by atoms with Crippen LogP contribution in [0.5, 0.6) is 0 Å². The van der Waals surface area contributed by atoms with Crippen LogP contribution >= 0.6 is 22.9 Å². The highest BCUT2D eigenvalue weighted by Gasteiger charge is 2.11. The van der Waals surface area contributed by atoms with Gasteiger partial charge in [-0.25, -0.2) is 0 Å². The van der Waals surface area contributed by atoms with Crippen molar-refractivity contribution in [3.05, 3.63) is 51.2 Å². The highest BCUT2D eigenvalue weighted by atomic mass is 35.5. The Morgan fingerprint density at radius 3 is 2.88 bits per heavy atom. The lowest BCUT2D eigenvalue weighted by Crippen LogP contribution is -2.18. The van der Waals surface area contributed by atoms with Crippen LogP contribution in [0.2, 0.25) is 5.02 Å². The molecule has 0 radical (unpaired) electrons. The minimum atomic E-state index is 0.604. The van der Waals surface area contributed by atoms with E-state index in [4.69, 9.17) is 11.6 Å². The predicted octanol–water partition coefficient (Wildman–Crippen LogP) is 3.85. The van der Waals surface area contributed by atoms with Crippen molar-refractivity contribution in [1.29, 1.82) is 0 Å². The summed E-state index contributed by atoms with van der Waals surface area (Å²) in [5, 5.41) is 4.73. The molecule has 2 rings (SSSR count). The third-order valence-corrected chi connectivity index (χ3v) is 3.56. The van der Waals surface area contributed by atoms with Gasteiger partial charge in [-0.3, -0.25) is 4.79 Å². The van der Waals surface area contributed by atoms with Crippen molar-refractivity contribution in [3.63, 3.8) is 0 Å². The van der Waals surface area contributed by atoms with Crippen molar-refractivity contribution < 1.29 is 4.79 Å². The summed E-state index contributed by atoms with van der Waals surface area (Å²) < 4.78 is 0. The fourth-order valence-corrected chi connectivity index (χ4v) is 2.75. The molecular weight excluding hydrogens is 254 g/mol. The number of anilines is 1. The molecule has 0 aliphatic rings. The maximum Gasteiger partial charge on any atom is 0.152 e. The molecule has 0 bridgehead atoms. The lowest BCUT2D eigenvalue weighted by Gasteiger charge is -2.21. The maximum atomic E-state index is 11.0. The summed E-state index contributed by atoms with van der Waals surface area (Å²) in [5.41, 5.74) is 2.62. The van der Waals surface area contributed by atoms with E-state index in [2.05, 4.69) is 11.4 Å². The van der Waals surface area contributed by atoms with Gasteiger partial charge in [-0.2, -0.15) is 11.3 Å². The van der Waals surface area contributed by atoms with Gasteiger partial charge in [-0.05, 0) is 34.5 Å². The molecular formula is C13H12ClNOS. The van der Waals surface area contributed by atoms with Gasteiger partial charge in [0.2, 0.25) is 0 Å². The first-order valence-electron chi connectivity index (χ1n) is 5.18. The Morgan fingerprint density at radius 1 is 1.41 bits per heavy atom. The fourth-order valence-electron chi connectivity index (χ4n) is 1.77. The molecule has 0 atom stereocenters. The SMILES string of the molecule is CN(Cc1ccsc1)c1c(Cl)cccc1C=O. The van der Waals surface area contributed by atoms with Gasteiger partial charge < -0.3 is 4.90 Å². The van der Waals surface area contributed by atoms with Gasteiger partial charge in [-0.1, -0.05) is 17.7 Å². The number of thiophene rings is 1. The Kier molecular flexibility index (Phi) is 3.82. The van der Waals surface area contributed by atoms with Crippen LogP contribution in [0.1, 0.15) is 15.9 Å². The lowest BCUT2D eigenvalue weighted by molar-refractivity contribution is 0.112. The number of hydrogen-bond acceptors (Lipinski definition) is 3. The minimum Gasteiger partial charge on any atom is -0.368 e. The maximum absolute atomic E-state index is 11.0. The summed E-state index contributed by atoms with van der Waals surface area (Å²) in [4.78, 5) is 13.0. The van der Waals surface area contributed by atoms with Gasteiger partial charge in [0.05, 0.1) is 10.7 Å². The van der Waals surface area contributed by atoms with E-state index in [1.165, 1.54) is 5.56 Å². The Balaban J connectivity index is 2.30. The van der Waals surface area contributed by atoms with Crippen LogP contribution in [0.25, 0.3) is 0 Å². The zero-order chi connectivity index (χ0) is 12.3. The Bertz CT molecular complexity index is 510. The number of hydrogen-bond donors (Lipinski definition) is 0. The first kappa shape index (κ1) is 12.1. The average Bonchev–Trinajstić information content (AvgIpc) is 2.81. The number of para-hydroxylation sites is 1. The summed E-state index contributed by atoms with van der Waals surface area (Å²) in [6.45, 7) is 0.744. The van der Waals surface area contributed by atoms with Gasteiger partial charge in [-0.15, -0.1) is 0 Å². The molecule has 0 saturated carbocycles. The van der Waals surface area contributed by atoms with E-state index >= 15 is 0 Å². The van der Waals surface area contributed by atoms with Gasteiger partial charge in [0.15, 0.2) is 6.29 Å². The topological polar surface area (TPSA) is 20.3 Å². The molecule has 4 heteroatoms. The summed E-state index contributed by atoms with van der Waals surface area (Å²) in [7, 11) is 1.94. The van der Waals surface area contributed by atoms with Gasteiger partial charge in [0.1, 0.15) is 0 Å². The molecule has 0 spiro atoms. The normalized spacial score (nSPS) is 10.2. The molecule has 17 heavy (non-hydrogen) atoms. The number of carbonyl (C=O) groups is 1. The molecule has 0 saturated heterocycles. The first-order chi connectivity index (χ1) is 8.22. The predicted molar refractivity (Wildman–Crippen MR) is 73.3 cm³/mol. The van der Waals surface area contributed by atoms with Gasteiger partial charge in [0, 0.05) is 19.2 Å². The number of halogens is 1. The molecule has 0 aliphatic heterocycles. The van der Waals surface area contributed by atoms with Crippen LogP contribution in [0.3, 0.4) is 0 Å². The van der Waals surface area contributed by atoms with Crippen LogP contribution in [-0.2, 0) is 6.54 Å². The van der Waals surface area contributed by atoms with Crippen LogP contribution < -0.4 is 4.90 Å². The van der Waals surface area contributed by atoms with Gasteiger partial charge in [0.25, 0.3) is 0 Å². The smallest absolute Gasteiger partial charge is 0.152 e. The Morgan fingerprint density at radius 2 is 2.24 bits per heavy atom. The largest absolute Gasteiger partial charge is 0.368 e. The van der Waals surface area contributed by atoms with Gasteiger partial charge >= 0.3 is 0 Å². The van der Waals surface area contributed by atoms with Crippen molar-refractivity contribution in [2.45, 2.75) is 6.54 Å². The number of aldehydes is 1. The van der Waals surface area contributed by atoms with Crippen LogP contribution in [-0.4, -0.2) is 13.3 Å². The van der Waals surface area contributed by atoms with Crippen molar-refractivity contribution in [2.24, 2.45) is 0 Å². The second kappa shape index (κ2) is 5.34. The molecule has 0 N–H and O–H groups in total. The molecule has 0 aliphatic carbocycles. The van der Waals surface area contributed by atoms with Crippen molar-refractivity contribution >= 4 is 34.9 Å². The zero-order valence-electron chi connectivity index (χ0n) is 9.39. The third-order valence-electron chi connectivity index (χ3n) is 2.53. The fraction of sp³-hybridized carbons (Fsp3) is 0.154. The van der Waals surface area contributed by atoms with Crippen molar-refractivity contribution in [3.8, 4) is 0 Å². The van der Waals surface area contributed by atoms with Crippen LogP contribution in [0, 0.1) is 0 Å². The second-order valence-electron chi connectivity index (χ2n) is 3.78. The Hall–Kier alpha value is -1.32. The van der Waals surface area contributed by atoms with E-state index in [0.29, 0.717) is 10.6 Å². The molecule has 0 amide bonds. The molecule has 1 aromatic carbocycles. The number of benzene rings is 1. The van der Waals surface area contributed by atoms with E-state index in [1.54, 1.807) is 29.5 Å². The van der Waals surface area contributed by atoms with Crippen molar-refractivity contribution in [2.75, 3.05) is 11.9 Å². The van der Waals surface area contributed by atoms with E-state index in [0.717, 1.165) is 18.5 Å². The van der Waals surface area contributed by atoms with E-state index in [9.17, 15) is 4.79 Å². The standard InChI is InChI=1S/C13H12ClNOS/c1-15(7-10-5-6-17-9-10)13-11(8-16)3-2-4-12(13)14/h2-6,8-9H,7H2,1H3. The summed E-state index contributed by atoms with van der Waals surface area (Å²) in [6, 6.07) is 7.43. The number of nitrogens with zero attached hydrogens (tertiary/aromatic N) is 1. The summed E-state index contributed by atoms with van der Waals surface area (Å²) >= 11 is 7.81. The molecule has 2 aromatic rings. The second-order valence-corrected chi connectivity index (χ2v) is 4.97. The zero-order valence-corrected chi connectivity index (χ0v) is 11.0. The van der Waals surface area contributed by atoms with E-state index in [1.807, 2.05) is 17.3 Å². The van der Waals surface area contributed by atoms with Crippen LogP contribution in [0.4, 0.5) is 5.69 Å². The highest BCUT2D eigenvalue weighted by Crippen LogP contribution is 2.29. The molecule has 88 valence electrons. The van der Waals surface area contributed by atoms with E-state index in [-0.39, 0.29) is 0 Å². The lowest BCUT2D eigenvalue weighted by atomic mass is 10.1. The minimum absolute atomic E-state index is 0.604. The monoisotopic (exact) mass is 265 g/mol. The number of rotatable bonds is 4. The first-order valence-corrected chi connectivity index (χ1v) is 6.50. The molecule has 0 fully saturated rings. The summed E-state index contributed by atoms with van der Waals surface area (Å²) in [5.74, 6) is 0. The van der Waals surface area contributed by atoms with Crippen molar-refractivity contribution in [1.82, 2.24) is 0 Å². The summed E-state index contributed by atoms with van der Waals surface area (Å²) in [6.07, 6.45) is 0.839. The van der Waals surface area contributed by atoms with Crippen LogP contribution in [0.15, 0.2) is 35.0 Å². The third kappa shape index (κ3) is 2.68. The van der Waals surface area contributed by atoms with E-state index < -0.39 is 0 Å². The molecule has 1 heterocycles. The molecule has 0 unspecified atom stereocenters. The quantitative estimate of drug-likeness (QED) is 0.783. The highest BCUT2D eigenvalue weighted by molar-refractivity contribution is 7.07. The molecule has 1 aromatic heterocycles.